The van der Waals surface area contributed by atoms with Gasteiger partial charge in [0.05, 0.1) is 11.4 Å². The van der Waals surface area contributed by atoms with Gasteiger partial charge in [-0.05, 0) is 30.9 Å². The molecule has 86 valence electrons. The van der Waals surface area contributed by atoms with Crippen LogP contribution in [0.3, 0.4) is 0 Å². The smallest absolute Gasteiger partial charge is 0.0578 e. The van der Waals surface area contributed by atoms with E-state index in [1.807, 2.05) is 0 Å². The summed E-state index contributed by atoms with van der Waals surface area (Å²) in [4.78, 5) is 0. The highest BCUT2D eigenvalue weighted by Crippen LogP contribution is 2.33. The second-order valence-corrected chi connectivity index (χ2v) is 5.08. The molecule has 0 radical (unpaired) electrons. The zero-order valence-corrected chi connectivity index (χ0v) is 9.71. The molecule has 2 nitrogen and oxygen atoms in total. The Balaban J connectivity index is 1.72. The molecule has 16 heavy (non-hydrogen) atoms. The molecule has 0 unspecified atom stereocenters. The largest absolute Gasteiger partial charge is 0.381 e. The predicted molar refractivity (Wildman–Crippen MR) is 68.9 cm³/mol. The van der Waals surface area contributed by atoms with Crippen molar-refractivity contribution < 1.29 is 0 Å². The van der Waals surface area contributed by atoms with Crippen LogP contribution in [0.2, 0.25) is 0 Å². The number of nitrogens with one attached hydrogen (secondary N) is 2. The predicted octanol–water partition coefficient (Wildman–Crippen LogP) is 3.47. The summed E-state index contributed by atoms with van der Waals surface area (Å²) in [7, 11) is 0. The van der Waals surface area contributed by atoms with Crippen molar-refractivity contribution in [1.29, 1.82) is 0 Å². The van der Waals surface area contributed by atoms with Gasteiger partial charge in [0.25, 0.3) is 0 Å². The Labute approximate surface area is 97.4 Å². The summed E-state index contributed by atoms with van der Waals surface area (Å²) < 4.78 is 0. The molecule has 0 bridgehead atoms. The molecule has 1 saturated carbocycles. The molecule has 1 aliphatic carbocycles. The fraction of sp³-hybridized carbons (Fsp3) is 0.571. The number of anilines is 2. The van der Waals surface area contributed by atoms with E-state index in [0.29, 0.717) is 6.04 Å². The van der Waals surface area contributed by atoms with Gasteiger partial charge in [-0.2, -0.15) is 0 Å². The molecule has 0 amide bonds. The van der Waals surface area contributed by atoms with Crippen LogP contribution in [0.5, 0.6) is 0 Å². The molecule has 3 rings (SSSR count). The summed E-state index contributed by atoms with van der Waals surface area (Å²) in [6, 6.07) is 9.16. The van der Waals surface area contributed by atoms with E-state index in [1.165, 1.54) is 43.5 Å². The fourth-order valence-electron chi connectivity index (χ4n) is 3.05. The van der Waals surface area contributed by atoms with Crippen molar-refractivity contribution >= 4 is 11.4 Å². The summed E-state index contributed by atoms with van der Waals surface area (Å²) in [6.07, 6.45) is 7.09. The lowest BCUT2D eigenvalue weighted by Crippen LogP contribution is -2.39. The molecule has 2 N–H and O–H groups in total. The first kappa shape index (κ1) is 10.0. The molecule has 2 aliphatic rings. The molecule has 1 aliphatic heterocycles. The van der Waals surface area contributed by atoms with Crippen molar-refractivity contribution in [2.45, 2.75) is 38.1 Å². The van der Waals surface area contributed by atoms with Crippen LogP contribution in [-0.2, 0) is 0 Å². The minimum Gasteiger partial charge on any atom is -0.381 e. The summed E-state index contributed by atoms with van der Waals surface area (Å²) >= 11 is 0. The summed E-state index contributed by atoms with van der Waals surface area (Å²) in [5, 5.41) is 7.25. The molecule has 1 aromatic carbocycles. The Bertz CT molecular complexity index is 356. The SMILES string of the molecule is c1ccc2c(c1)NC[C@H](C1CCCCC1)N2. The van der Waals surface area contributed by atoms with Crippen molar-refractivity contribution in [1.82, 2.24) is 0 Å². The van der Waals surface area contributed by atoms with E-state index in [-0.39, 0.29) is 0 Å². The second kappa shape index (κ2) is 4.36. The molecule has 1 aromatic rings. The summed E-state index contributed by atoms with van der Waals surface area (Å²) in [5.74, 6) is 0.870. The normalized spacial score (nSPS) is 25.4. The van der Waals surface area contributed by atoms with Crippen LogP contribution < -0.4 is 10.6 Å². The third-order valence-electron chi connectivity index (χ3n) is 4.00. The van der Waals surface area contributed by atoms with Gasteiger partial charge in [0.2, 0.25) is 0 Å². The van der Waals surface area contributed by atoms with Crippen LogP contribution in [0, 0.1) is 5.92 Å². The van der Waals surface area contributed by atoms with Gasteiger partial charge >= 0.3 is 0 Å². The molecule has 1 atom stereocenters. The van der Waals surface area contributed by atoms with Gasteiger partial charge < -0.3 is 10.6 Å². The second-order valence-electron chi connectivity index (χ2n) is 5.08. The van der Waals surface area contributed by atoms with Gasteiger partial charge in [-0.15, -0.1) is 0 Å². The fourth-order valence-corrected chi connectivity index (χ4v) is 3.05. The van der Waals surface area contributed by atoms with Crippen LogP contribution >= 0.6 is 0 Å². The Kier molecular flexibility index (Phi) is 2.73. The average molecular weight is 216 g/mol. The van der Waals surface area contributed by atoms with E-state index < -0.39 is 0 Å². The maximum Gasteiger partial charge on any atom is 0.0578 e. The molecule has 2 heteroatoms. The number of benzene rings is 1. The number of para-hydroxylation sites is 2. The zero-order chi connectivity index (χ0) is 10.8. The quantitative estimate of drug-likeness (QED) is 0.751. The van der Waals surface area contributed by atoms with Crippen LogP contribution in [0.1, 0.15) is 32.1 Å². The topological polar surface area (TPSA) is 24.1 Å². The van der Waals surface area contributed by atoms with Gasteiger partial charge in [-0.1, -0.05) is 31.4 Å². The Morgan fingerprint density at radius 2 is 1.69 bits per heavy atom. The molecule has 0 aromatic heterocycles. The van der Waals surface area contributed by atoms with Crippen molar-refractivity contribution in [2.75, 3.05) is 17.2 Å². The lowest BCUT2D eigenvalue weighted by Gasteiger charge is -2.36. The molecule has 0 saturated heterocycles. The van der Waals surface area contributed by atoms with E-state index in [4.69, 9.17) is 0 Å². The van der Waals surface area contributed by atoms with Gasteiger partial charge in [0.15, 0.2) is 0 Å². The van der Waals surface area contributed by atoms with Crippen LogP contribution in [0.15, 0.2) is 24.3 Å². The van der Waals surface area contributed by atoms with Crippen molar-refractivity contribution in [3.05, 3.63) is 24.3 Å². The first-order chi connectivity index (χ1) is 7.93. The monoisotopic (exact) mass is 216 g/mol. The maximum atomic E-state index is 3.70. The minimum atomic E-state index is 0.634. The first-order valence-corrected chi connectivity index (χ1v) is 6.53. The Morgan fingerprint density at radius 1 is 0.938 bits per heavy atom. The highest BCUT2D eigenvalue weighted by Gasteiger charge is 2.26. The number of hydrogen-bond acceptors (Lipinski definition) is 2. The van der Waals surface area contributed by atoms with Crippen molar-refractivity contribution in [2.24, 2.45) is 5.92 Å². The molecular weight excluding hydrogens is 196 g/mol. The van der Waals surface area contributed by atoms with Gasteiger partial charge in [0.1, 0.15) is 0 Å². The van der Waals surface area contributed by atoms with E-state index in [9.17, 15) is 0 Å². The molecular formula is C14H20N2. The summed E-state index contributed by atoms with van der Waals surface area (Å²) in [6.45, 7) is 1.08. The van der Waals surface area contributed by atoms with Gasteiger partial charge in [0, 0.05) is 12.6 Å². The number of hydrogen-bond donors (Lipinski definition) is 2. The highest BCUT2D eigenvalue weighted by atomic mass is 15.1. The average Bonchev–Trinajstić information content (AvgIpc) is 2.39. The third-order valence-corrected chi connectivity index (χ3v) is 4.00. The first-order valence-electron chi connectivity index (χ1n) is 6.53. The van der Waals surface area contributed by atoms with Gasteiger partial charge in [-0.3, -0.25) is 0 Å². The molecule has 1 fully saturated rings. The molecule has 0 spiro atoms. The summed E-state index contributed by atoms with van der Waals surface area (Å²) in [5.41, 5.74) is 2.54. The Morgan fingerprint density at radius 3 is 2.50 bits per heavy atom. The van der Waals surface area contributed by atoms with Crippen LogP contribution in [0.25, 0.3) is 0 Å². The van der Waals surface area contributed by atoms with Crippen molar-refractivity contribution in [3.63, 3.8) is 0 Å². The van der Waals surface area contributed by atoms with Gasteiger partial charge in [-0.25, -0.2) is 0 Å². The number of fused-ring (bicyclic) bond motifs is 1. The maximum absolute atomic E-state index is 3.70. The van der Waals surface area contributed by atoms with E-state index in [1.54, 1.807) is 0 Å². The van der Waals surface area contributed by atoms with E-state index in [0.717, 1.165) is 12.5 Å². The third kappa shape index (κ3) is 1.89. The van der Waals surface area contributed by atoms with Crippen LogP contribution in [-0.4, -0.2) is 12.6 Å². The standard InChI is InChI=1S/C14H20N2/c1-2-6-11(7-3-1)14-10-15-12-8-4-5-9-13(12)16-14/h4-5,8-9,11,14-16H,1-3,6-7,10H2/t14-/m1/s1. The van der Waals surface area contributed by atoms with Crippen molar-refractivity contribution in [3.8, 4) is 0 Å². The zero-order valence-electron chi connectivity index (χ0n) is 9.71. The highest BCUT2D eigenvalue weighted by molar-refractivity contribution is 5.71. The number of rotatable bonds is 1. The molecule has 1 heterocycles. The van der Waals surface area contributed by atoms with E-state index in [2.05, 4.69) is 34.9 Å². The van der Waals surface area contributed by atoms with E-state index >= 15 is 0 Å². The van der Waals surface area contributed by atoms with Crippen LogP contribution in [0.4, 0.5) is 11.4 Å². The minimum absolute atomic E-state index is 0.634. The Hall–Kier alpha value is -1.18. The lowest BCUT2D eigenvalue weighted by atomic mass is 9.83. The lowest BCUT2D eigenvalue weighted by molar-refractivity contribution is 0.322.